The molecule has 0 aliphatic carbocycles. The maximum atomic E-state index is 13.5. The van der Waals surface area contributed by atoms with Crippen molar-refractivity contribution in [2.45, 2.75) is 26.8 Å². The SMILES string of the molecule is CCOC(=O)C1=C(C)N=c2s/c(=C\c3ccc(C)cc3)c(=O)n2[C@H]1c1ccc(OC)cc1. The van der Waals surface area contributed by atoms with E-state index >= 15 is 0 Å². The van der Waals surface area contributed by atoms with Crippen molar-refractivity contribution < 1.29 is 14.3 Å². The van der Waals surface area contributed by atoms with Crippen molar-refractivity contribution in [3.63, 3.8) is 0 Å². The highest BCUT2D eigenvalue weighted by molar-refractivity contribution is 7.07. The summed E-state index contributed by atoms with van der Waals surface area (Å²) in [7, 11) is 1.59. The van der Waals surface area contributed by atoms with Gasteiger partial charge in [-0.15, -0.1) is 0 Å². The highest BCUT2D eigenvalue weighted by Crippen LogP contribution is 2.31. The molecule has 32 heavy (non-hydrogen) atoms. The van der Waals surface area contributed by atoms with E-state index in [4.69, 9.17) is 9.47 Å². The fourth-order valence-corrected chi connectivity index (χ4v) is 4.75. The number of hydrogen-bond donors (Lipinski definition) is 0. The number of carbonyl (C=O) groups excluding carboxylic acids is 1. The summed E-state index contributed by atoms with van der Waals surface area (Å²) in [6.07, 6.45) is 1.86. The Morgan fingerprint density at radius 3 is 2.44 bits per heavy atom. The second kappa shape index (κ2) is 8.96. The summed E-state index contributed by atoms with van der Waals surface area (Å²) in [4.78, 5) is 31.5. The monoisotopic (exact) mass is 448 g/mol. The van der Waals surface area contributed by atoms with Crippen LogP contribution < -0.4 is 19.6 Å². The molecule has 1 aliphatic heterocycles. The van der Waals surface area contributed by atoms with Crippen LogP contribution in [0.25, 0.3) is 6.08 Å². The molecule has 1 aromatic heterocycles. The molecule has 0 saturated carbocycles. The Balaban J connectivity index is 1.93. The minimum absolute atomic E-state index is 0.190. The van der Waals surface area contributed by atoms with Gasteiger partial charge in [0.25, 0.3) is 5.56 Å². The lowest BCUT2D eigenvalue weighted by Crippen LogP contribution is -2.39. The molecule has 2 heterocycles. The smallest absolute Gasteiger partial charge is 0.338 e. The molecular weight excluding hydrogens is 424 g/mol. The predicted octanol–water partition coefficient (Wildman–Crippen LogP) is 3.12. The molecule has 1 atom stereocenters. The zero-order valence-electron chi connectivity index (χ0n) is 18.4. The predicted molar refractivity (Wildman–Crippen MR) is 125 cm³/mol. The lowest BCUT2D eigenvalue weighted by molar-refractivity contribution is -0.139. The van der Waals surface area contributed by atoms with Gasteiger partial charge in [-0.1, -0.05) is 53.3 Å². The van der Waals surface area contributed by atoms with E-state index in [1.807, 2.05) is 61.5 Å². The van der Waals surface area contributed by atoms with Gasteiger partial charge in [0, 0.05) is 0 Å². The number of rotatable bonds is 5. The molecule has 0 saturated heterocycles. The van der Waals surface area contributed by atoms with Crippen LogP contribution in [0.2, 0.25) is 0 Å². The normalized spacial score (nSPS) is 15.9. The second-order valence-electron chi connectivity index (χ2n) is 7.49. The first-order valence-corrected chi connectivity index (χ1v) is 11.1. The first-order chi connectivity index (χ1) is 15.4. The van der Waals surface area contributed by atoms with Crippen LogP contribution in [-0.2, 0) is 9.53 Å². The van der Waals surface area contributed by atoms with Gasteiger partial charge in [0.05, 0.1) is 35.6 Å². The standard InChI is InChI=1S/C25H24N2O4S/c1-5-31-24(29)21-16(3)26-25-27(22(21)18-10-12-19(30-4)13-11-18)23(28)20(32-25)14-17-8-6-15(2)7-9-17/h6-14,22H,5H2,1-4H3/b20-14-/t22-/m0/s1. The summed E-state index contributed by atoms with van der Waals surface area (Å²) >= 11 is 1.32. The van der Waals surface area contributed by atoms with Gasteiger partial charge in [0.2, 0.25) is 0 Å². The first kappa shape index (κ1) is 21.8. The zero-order chi connectivity index (χ0) is 22.8. The van der Waals surface area contributed by atoms with E-state index in [1.54, 1.807) is 25.5 Å². The topological polar surface area (TPSA) is 69.9 Å². The molecule has 1 aliphatic rings. The summed E-state index contributed by atoms with van der Waals surface area (Å²) in [5, 5.41) is 0. The van der Waals surface area contributed by atoms with E-state index in [0.717, 1.165) is 16.7 Å². The number of allylic oxidation sites excluding steroid dienone is 1. The quantitative estimate of drug-likeness (QED) is 0.563. The molecule has 3 aromatic rings. The summed E-state index contributed by atoms with van der Waals surface area (Å²) in [6, 6.07) is 14.7. The Labute approximate surface area is 189 Å². The van der Waals surface area contributed by atoms with E-state index in [9.17, 15) is 9.59 Å². The summed E-state index contributed by atoms with van der Waals surface area (Å²) < 4.78 is 12.7. The number of ether oxygens (including phenoxy) is 2. The van der Waals surface area contributed by atoms with Gasteiger partial charge in [-0.3, -0.25) is 9.36 Å². The number of nitrogens with zero attached hydrogens (tertiary/aromatic N) is 2. The van der Waals surface area contributed by atoms with Crippen LogP contribution in [0.1, 0.15) is 36.6 Å². The van der Waals surface area contributed by atoms with Crippen molar-refractivity contribution in [2.75, 3.05) is 13.7 Å². The number of esters is 1. The minimum atomic E-state index is -0.628. The molecule has 7 heteroatoms. The lowest BCUT2D eigenvalue weighted by atomic mass is 9.96. The molecule has 0 spiro atoms. The van der Waals surface area contributed by atoms with Crippen LogP contribution in [0.3, 0.4) is 0 Å². The molecule has 0 bridgehead atoms. The van der Waals surface area contributed by atoms with Gasteiger partial charge in [-0.2, -0.15) is 0 Å². The zero-order valence-corrected chi connectivity index (χ0v) is 19.2. The summed E-state index contributed by atoms with van der Waals surface area (Å²) in [5.74, 6) is 0.223. The average molecular weight is 449 g/mol. The van der Waals surface area contributed by atoms with Crippen LogP contribution in [0, 0.1) is 6.92 Å². The Morgan fingerprint density at radius 2 is 1.81 bits per heavy atom. The van der Waals surface area contributed by atoms with E-state index in [0.29, 0.717) is 26.4 Å². The number of aryl methyl sites for hydroxylation is 1. The van der Waals surface area contributed by atoms with Crippen molar-refractivity contribution in [2.24, 2.45) is 4.99 Å². The van der Waals surface area contributed by atoms with E-state index < -0.39 is 12.0 Å². The molecular formula is C25H24N2O4S. The third kappa shape index (κ3) is 4.03. The van der Waals surface area contributed by atoms with Crippen LogP contribution in [-0.4, -0.2) is 24.3 Å². The number of methoxy groups -OCH3 is 1. The molecule has 0 radical (unpaired) electrons. The van der Waals surface area contributed by atoms with Gasteiger partial charge >= 0.3 is 5.97 Å². The molecule has 0 fully saturated rings. The summed E-state index contributed by atoms with van der Waals surface area (Å²) in [6.45, 7) is 5.79. The average Bonchev–Trinajstić information content (AvgIpc) is 3.09. The van der Waals surface area contributed by atoms with E-state index in [-0.39, 0.29) is 12.2 Å². The summed E-state index contributed by atoms with van der Waals surface area (Å²) in [5.41, 5.74) is 3.59. The Hall–Kier alpha value is -3.45. The Morgan fingerprint density at radius 1 is 1.12 bits per heavy atom. The van der Waals surface area contributed by atoms with Crippen molar-refractivity contribution in [1.29, 1.82) is 0 Å². The van der Waals surface area contributed by atoms with Gasteiger partial charge in [-0.05, 0) is 50.1 Å². The fraction of sp³-hybridized carbons (Fsp3) is 0.240. The first-order valence-electron chi connectivity index (χ1n) is 10.3. The Kier molecular flexibility index (Phi) is 6.10. The molecule has 4 rings (SSSR count). The van der Waals surface area contributed by atoms with Gasteiger partial charge in [0.1, 0.15) is 5.75 Å². The maximum Gasteiger partial charge on any atom is 0.338 e. The van der Waals surface area contributed by atoms with Crippen molar-refractivity contribution in [3.05, 3.63) is 96.2 Å². The van der Waals surface area contributed by atoms with Gasteiger partial charge in [-0.25, -0.2) is 9.79 Å². The van der Waals surface area contributed by atoms with Gasteiger partial charge in [0.15, 0.2) is 4.80 Å². The molecule has 0 N–H and O–H groups in total. The lowest BCUT2D eigenvalue weighted by Gasteiger charge is -2.24. The minimum Gasteiger partial charge on any atom is -0.497 e. The van der Waals surface area contributed by atoms with Crippen LogP contribution >= 0.6 is 11.3 Å². The largest absolute Gasteiger partial charge is 0.497 e. The Bertz CT molecular complexity index is 1360. The van der Waals surface area contributed by atoms with Crippen molar-refractivity contribution >= 4 is 23.4 Å². The van der Waals surface area contributed by atoms with Crippen LogP contribution in [0.15, 0.2) is 69.6 Å². The second-order valence-corrected chi connectivity index (χ2v) is 8.50. The van der Waals surface area contributed by atoms with Gasteiger partial charge < -0.3 is 9.47 Å². The molecule has 0 unspecified atom stereocenters. The maximum absolute atomic E-state index is 13.5. The fourth-order valence-electron chi connectivity index (χ4n) is 3.71. The van der Waals surface area contributed by atoms with Crippen molar-refractivity contribution in [1.82, 2.24) is 4.57 Å². The highest BCUT2D eigenvalue weighted by atomic mass is 32.1. The van der Waals surface area contributed by atoms with E-state index in [1.165, 1.54) is 11.3 Å². The number of hydrogen-bond acceptors (Lipinski definition) is 6. The third-order valence-electron chi connectivity index (χ3n) is 5.32. The molecule has 2 aromatic carbocycles. The third-order valence-corrected chi connectivity index (χ3v) is 6.31. The highest BCUT2D eigenvalue weighted by Gasteiger charge is 2.33. The number of fused-ring (bicyclic) bond motifs is 1. The molecule has 164 valence electrons. The molecule has 6 nitrogen and oxygen atoms in total. The van der Waals surface area contributed by atoms with E-state index in [2.05, 4.69) is 4.99 Å². The number of thiazole rings is 1. The van der Waals surface area contributed by atoms with Crippen LogP contribution in [0.4, 0.5) is 0 Å². The van der Waals surface area contributed by atoms with Crippen molar-refractivity contribution in [3.8, 4) is 5.75 Å². The number of carbonyl (C=O) groups is 1. The number of aromatic nitrogens is 1. The number of benzene rings is 2. The molecule has 0 amide bonds. The van der Waals surface area contributed by atoms with Crippen LogP contribution in [0.5, 0.6) is 5.75 Å².